The number of pyridine rings is 1. The maximum Gasteiger partial charge on any atom is 0.281 e. The highest BCUT2D eigenvalue weighted by atomic mass is 16.3. The van der Waals surface area contributed by atoms with E-state index < -0.39 is 5.56 Å². The fourth-order valence-electron chi connectivity index (χ4n) is 2.76. The molecule has 2 aromatic rings. The molecule has 0 fully saturated rings. The van der Waals surface area contributed by atoms with E-state index in [4.69, 9.17) is 0 Å². The molecular formula is C20H24N4O2. The molecule has 0 unspecified atom stereocenters. The summed E-state index contributed by atoms with van der Waals surface area (Å²) in [6.07, 6.45) is 3.85. The van der Waals surface area contributed by atoms with E-state index in [9.17, 15) is 15.2 Å². The largest absolute Gasteiger partial charge is 0.493 e. The van der Waals surface area contributed by atoms with Crippen molar-refractivity contribution in [3.05, 3.63) is 51.3 Å². The summed E-state index contributed by atoms with van der Waals surface area (Å²) in [4.78, 5) is 12.8. The highest BCUT2D eigenvalue weighted by molar-refractivity contribution is 5.56. The van der Waals surface area contributed by atoms with E-state index in [0.29, 0.717) is 17.8 Å². The predicted molar refractivity (Wildman–Crippen MR) is 101 cm³/mol. The third kappa shape index (κ3) is 4.37. The Kier molecular flexibility index (Phi) is 6.67. The molecule has 1 heterocycles. The number of unbranched alkanes of at least 4 members (excludes halogenated alkanes) is 3. The molecule has 6 nitrogen and oxygen atoms in total. The standard InChI is InChI=1S/C20H24N4O2/c1-4-5-6-7-11-24-19(25)17(13-21)15(3)18(20(24)26)23-22-16-10-8-9-14(2)12-16/h8-10,12,25H,4-7,11H2,1-3H3. The number of benzene rings is 1. The highest BCUT2D eigenvalue weighted by Gasteiger charge is 2.18. The molecular weight excluding hydrogens is 328 g/mol. The van der Waals surface area contributed by atoms with Gasteiger partial charge in [-0.05, 0) is 38.0 Å². The Morgan fingerprint density at radius 3 is 2.62 bits per heavy atom. The molecule has 0 saturated carbocycles. The van der Waals surface area contributed by atoms with Gasteiger partial charge in [-0.3, -0.25) is 9.36 Å². The van der Waals surface area contributed by atoms with Crippen molar-refractivity contribution in [2.45, 2.75) is 53.0 Å². The van der Waals surface area contributed by atoms with E-state index in [1.54, 1.807) is 13.0 Å². The van der Waals surface area contributed by atoms with E-state index in [1.165, 1.54) is 4.57 Å². The lowest BCUT2D eigenvalue weighted by atomic mass is 10.1. The van der Waals surface area contributed by atoms with Gasteiger partial charge in [-0.25, -0.2) is 0 Å². The van der Waals surface area contributed by atoms with Crippen LogP contribution in [0.1, 0.15) is 49.3 Å². The SMILES string of the molecule is CCCCCCn1c(O)c(C#N)c(C)c(N=Nc2cccc(C)c2)c1=O. The number of aryl methyl sites for hydroxylation is 1. The van der Waals surface area contributed by atoms with E-state index in [2.05, 4.69) is 17.2 Å². The predicted octanol–water partition coefficient (Wildman–Crippen LogP) is 5.04. The third-order valence-corrected chi connectivity index (χ3v) is 4.27. The van der Waals surface area contributed by atoms with Gasteiger partial charge in [0.25, 0.3) is 5.56 Å². The summed E-state index contributed by atoms with van der Waals surface area (Å²) in [5.41, 5.74) is 1.75. The Hall–Kier alpha value is -2.94. The number of rotatable bonds is 7. The Balaban J connectivity index is 2.45. The zero-order valence-electron chi connectivity index (χ0n) is 15.5. The van der Waals surface area contributed by atoms with Crippen molar-refractivity contribution >= 4 is 11.4 Å². The van der Waals surface area contributed by atoms with Crippen molar-refractivity contribution in [3.8, 4) is 11.9 Å². The second-order valence-electron chi connectivity index (χ2n) is 6.34. The molecule has 0 amide bonds. The van der Waals surface area contributed by atoms with Gasteiger partial charge >= 0.3 is 0 Å². The molecule has 0 aliphatic rings. The van der Waals surface area contributed by atoms with Gasteiger partial charge in [0, 0.05) is 12.1 Å². The van der Waals surface area contributed by atoms with Gasteiger partial charge in [0.1, 0.15) is 11.6 Å². The fourth-order valence-corrected chi connectivity index (χ4v) is 2.76. The number of aromatic hydroxyl groups is 1. The Labute approximate surface area is 153 Å². The van der Waals surface area contributed by atoms with Crippen LogP contribution in [0.2, 0.25) is 0 Å². The summed E-state index contributed by atoms with van der Waals surface area (Å²) in [6, 6.07) is 9.42. The number of hydrogen-bond acceptors (Lipinski definition) is 5. The van der Waals surface area contributed by atoms with Crippen molar-refractivity contribution in [3.63, 3.8) is 0 Å². The third-order valence-electron chi connectivity index (χ3n) is 4.27. The summed E-state index contributed by atoms with van der Waals surface area (Å²) >= 11 is 0. The summed E-state index contributed by atoms with van der Waals surface area (Å²) < 4.78 is 1.23. The summed E-state index contributed by atoms with van der Waals surface area (Å²) in [6.45, 7) is 6.01. The van der Waals surface area contributed by atoms with Gasteiger partial charge in [-0.2, -0.15) is 10.4 Å². The van der Waals surface area contributed by atoms with E-state index in [-0.39, 0.29) is 17.1 Å². The minimum Gasteiger partial charge on any atom is -0.493 e. The van der Waals surface area contributed by atoms with Gasteiger partial charge in [0.2, 0.25) is 5.88 Å². The van der Waals surface area contributed by atoms with Crippen molar-refractivity contribution in [1.82, 2.24) is 4.57 Å². The first-order valence-corrected chi connectivity index (χ1v) is 8.84. The number of aromatic nitrogens is 1. The number of azo groups is 1. The maximum atomic E-state index is 12.8. The molecule has 0 spiro atoms. The molecule has 0 aliphatic carbocycles. The van der Waals surface area contributed by atoms with Crippen molar-refractivity contribution < 1.29 is 5.11 Å². The number of nitrogens with zero attached hydrogens (tertiary/aromatic N) is 4. The van der Waals surface area contributed by atoms with Crippen LogP contribution in [0.4, 0.5) is 11.4 Å². The lowest BCUT2D eigenvalue weighted by Gasteiger charge is -2.12. The molecule has 0 saturated heterocycles. The van der Waals surface area contributed by atoms with E-state index >= 15 is 0 Å². The van der Waals surface area contributed by atoms with Crippen LogP contribution in [0.5, 0.6) is 5.88 Å². The minimum absolute atomic E-state index is 0.0679. The van der Waals surface area contributed by atoms with E-state index in [0.717, 1.165) is 31.2 Å². The van der Waals surface area contributed by atoms with Crippen molar-refractivity contribution in [2.24, 2.45) is 10.2 Å². The number of hydrogen-bond donors (Lipinski definition) is 1. The van der Waals surface area contributed by atoms with Crippen molar-refractivity contribution in [2.75, 3.05) is 0 Å². The van der Waals surface area contributed by atoms with Gasteiger partial charge in [0.05, 0.1) is 5.69 Å². The summed E-state index contributed by atoms with van der Waals surface area (Å²) in [5.74, 6) is -0.291. The molecule has 0 bridgehead atoms. The second-order valence-corrected chi connectivity index (χ2v) is 6.34. The zero-order valence-corrected chi connectivity index (χ0v) is 15.5. The van der Waals surface area contributed by atoms with Crippen LogP contribution in [-0.4, -0.2) is 9.67 Å². The number of nitriles is 1. The van der Waals surface area contributed by atoms with Crippen LogP contribution in [-0.2, 0) is 6.54 Å². The van der Waals surface area contributed by atoms with Gasteiger partial charge < -0.3 is 5.11 Å². The molecule has 2 rings (SSSR count). The molecule has 0 aliphatic heterocycles. The first kappa shape index (κ1) is 19.4. The summed E-state index contributed by atoms with van der Waals surface area (Å²) in [5, 5.41) is 27.9. The van der Waals surface area contributed by atoms with Crippen LogP contribution < -0.4 is 5.56 Å². The van der Waals surface area contributed by atoms with Crippen molar-refractivity contribution in [1.29, 1.82) is 5.26 Å². The zero-order chi connectivity index (χ0) is 19.1. The Bertz CT molecular complexity index is 907. The molecule has 26 heavy (non-hydrogen) atoms. The maximum absolute atomic E-state index is 12.8. The highest BCUT2D eigenvalue weighted by Crippen LogP contribution is 2.27. The molecule has 0 radical (unpaired) electrons. The lowest BCUT2D eigenvalue weighted by Crippen LogP contribution is -2.22. The minimum atomic E-state index is -0.424. The smallest absolute Gasteiger partial charge is 0.281 e. The summed E-state index contributed by atoms with van der Waals surface area (Å²) in [7, 11) is 0. The molecule has 1 aromatic heterocycles. The van der Waals surface area contributed by atoms with E-state index in [1.807, 2.05) is 31.2 Å². The second kappa shape index (κ2) is 8.95. The normalized spacial score (nSPS) is 11.0. The van der Waals surface area contributed by atoms with Crippen LogP contribution >= 0.6 is 0 Å². The molecule has 6 heteroatoms. The molecule has 1 N–H and O–H groups in total. The van der Waals surface area contributed by atoms with Crippen LogP contribution in [0, 0.1) is 25.2 Å². The quantitative estimate of drug-likeness (QED) is 0.559. The molecule has 1 aromatic carbocycles. The van der Waals surface area contributed by atoms with Crippen LogP contribution in [0.3, 0.4) is 0 Å². The van der Waals surface area contributed by atoms with Crippen LogP contribution in [0.25, 0.3) is 0 Å². The Morgan fingerprint density at radius 2 is 1.96 bits per heavy atom. The van der Waals surface area contributed by atoms with Gasteiger partial charge in [0.15, 0.2) is 5.69 Å². The monoisotopic (exact) mass is 352 g/mol. The average molecular weight is 352 g/mol. The first-order chi connectivity index (χ1) is 12.5. The van der Waals surface area contributed by atoms with Gasteiger partial charge in [-0.15, -0.1) is 5.11 Å². The topological polar surface area (TPSA) is 90.7 Å². The Morgan fingerprint density at radius 1 is 1.19 bits per heavy atom. The van der Waals surface area contributed by atoms with Crippen LogP contribution in [0.15, 0.2) is 39.3 Å². The van der Waals surface area contributed by atoms with Gasteiger partial charge in [-0.1, -0.05) is 38.3 Å². The molecule has 136 valence electrons. The lowest BCUT2D eigenvalue weighted by molar-refractivity contribution is 0.397. The molecule has 0 atom stereocenters. The average Bonchev–Trinajstić information content (AvgIpc) is 2.61. The first-order valence-electron chi connectivity index (χ1n) is 8.84. The fraction of sp³-hybridized carbons (Fsp3) is 0.400.